The van der Waals surface area contributed by atoms with Crippen molar-refractivity contribution in [3.8, 4) is 11.3 Å². The van der Waals surface area contributed by atoms with E-state index in [2.05, 4.69) is 37.2 Å². The number of furan rings is 1. The van der Waals surface area contributed by atoms with E-state index in [1.807, 2.05) is 30.3 Å². The van der Waals surface area contributed by atoms with E-state index in [9.17, 15) is 0 Å². The monoisotopic (exact) mass is 437 g/mol. The van der Waals surface area contributed by atoms with Crippen molar-refractivity contribution in [2.75, 3.05) is 20.3 Å². The highest BCUT2D eigenvalue weighted by molar-refractivity contribution is 9.11. The number of hydrogen-bond donors (Lipinski definition) is 1. The van der Waals surface area contributed by atoms with Gasteiger partial charge in [-0.1, -0.05) is 15.9 Å². The summed E-state index contributed by atoms with van der Waals surface area (Å²) in [6.07, 6.45) is 1.00. The lowest BCUT2D eigenvalue weighted by molar-refractivity contribution is 0.194. The maximum absolute atomic E-state index is 5.86. The van der Waals surface area contributed by atoms with Gasteiger partial charge in [0, 0.05) is 28.2 Å². The number of nitrogens with one attached hydrogen (secondary N) is 1. The molecule has 1 aromatic heterocycles. The molecule has 0 amide bonds. The molecule has 0 radical (unpaired) electrons. The number of rotatable bonds is 7. The Morgan fingerprint density at radius 1 is 1.19 bits per heavy atom. The third-order valence-electron chi connectivity index (χ3n) is 2.86. The molecule has 0 atom stereocenters. The molecular formula is C15H18Br2ClNO2. The first kappa shape index (κ1) is 18.7. The van der Waals surface area contributed by atoms with E-state index in [-0.39, 0.29) is 12.4 Å². The Balaban J connectivity index is 0.00000220. The van der Waals surface area contributed by atoms with Gasteiger partial charge in [-0.25, -0.2) is 0 Å². The van der Waals surface area contributed by atoms with Gasteiger partial charge in [-0.05, 0) is 59.2 Å². The number of ether oxygens (including phenoxy) is 1. The van der Waals surface area contributed by atoms with Crippen LogP contribution in [-0.4, -0.2) is 20.3 Å². The normalized spacial score (nSPS) is 10.4. The van der Waals surface area contributed by atoms with Gasteiger partial charge in [-0.15, -0.1) is 12.4 Å². The van der Waals surface area contributed by atoms with Crippen LogP contribution in [0.4, 0.5) is 0 Å². The van der Waals surface area contributed by atoms with E-state index in [0.29, 0.717) is 0 Å². The Labute approximate surface area is 148 Å². The highest BCUT2D eigenvalue weighted by Gasteiger charge is 2.08. The molecule has 2 aromatic rings. The minimum Gasteiger partial charge on any atom is -0.460 e. The van der Waals surface area contributed by atoms with Crippen LogP contribution in [0.15, 0.2) is 43.7 Å². The molecule has 6 heteroatoms. The topological polar surface area (TPSA) is 34.4 Å². The lowest BCUT2D eigenvalue weighted by Gasteiger charge is -2.03. The molecule has 0 bridgehead atoms. The van der Waals surface area contributed by atoms with Crippen LogP contribution in [0.2, 0.25) is 0 Å². The Hall–Kier alpha value is -0.330. The first-order chi connectivity index (χ1) is 9.70. The van der Waals surface area contributed by atoms with Crippen molar-refractivity contribution in [3.63, 3.8) is 0 Å². The molecule has 1 aromatic carbocycles. The number of benzene rings is 1. The summed E-state index contributed by atoms with van der Waals surface area (Å²) < 4.78 is 12.9. The minimum absolute atomic E-state index is 0. The van der Waals surface area contributed by atoms with E-state index in [1.54, 1.807) is 7.11 Å². The van der Waals surface area contributed by atoms with Crippen molar-refractivity contribution in [2.45, 2.75) is 13.0 Å². The van der Waals surface area contributed by atoms with Gasteiger partial charge in [0.25, 0.3) is 0 Å². The van der Waals surface area contributed by atoms with E-state index in [1.165, 1.54) is 0 Å². The third-order valence-corrected chi connectivity index (χ3v) is 4.01. The number of methoxy groups -OCH3 is 1. The predicted octanol–water partition coefficient (Wildman–Crippen LogP) is 5.02. The summed E-state index contributed by atoms with van der Waals surface area (Å²) >= 11 is 7.00. The van der Waals surface area contributed by atoms with Gasteiger partial charge >= 0.3 is 0 Å². The quantitative estimate of drug-likeness (QED) is 0.615. The molecule has 1 N–H and O–H groups in total. The molecule has 3 nitrogen and oxygen atoms in total. The SMILES string of the molecule is COCCCNCc1ccc(-c2ccc(Br)cc2Br)o1.Cl. The van der Waals surface area contributed by atoms with Crippen LogP contribution in [-0.2, 0) is 11.3 Å². The van der Waals surface area contributed by atoms with Crippen molar-refractivity contribution in [2.24, 2.45) is 0 Å². The zero-order chi connectivity index (χ0) is 14.4. The molecule has 21 heavy (non-hydrogen) atoms. The van der Waals surface area contributed by atoms with Crippen LogP contribution in [0.1, 0.15) is 12.2 Å². The molecule has 0 spiro atoms. The molecule has 0 aliphatic rings. The van der Waals surface area contributed by atoms with Gasteiger partial charge in [0.2, 0.25) is 0 Å². The van der Waals surface area contributed by atoms with Crippen LogP contribution in [0.25, 0.3) is 11.3 Å². The summed E-state index contributed by atoms with van der Waals surface area (Å²) in [5.74, 6) is 1.81. The predicted molar refractivity (Wildman–Crippen MR) is 95.0 cm³/mol. The van der Waals surface area contributed by atoms with Crippen LogP contribution >= 0.6 is 44.3 Å². The molecular weight excluding hydrogens is 421 g/mol. The number of hydrogen-bond acceptors (Lipinski definition) is 3. The van der Waals surface area contributed by atoms with Gasteiger partial charge in [-0.3, -0.25) is 0 Å². The molecule has 0 aliphatic carbocycles. The van der Waals surface area contributed by atoms with Crippen molar-refractivity contribution < 1.29 is 9.15 Å². The van der Waals surface area contributed by atoms with Gasteiger partial charge in [-0.2, -0.15) is 0 Å². The summed E-state index contributed by atoms with van der Waals surface area (Å²) in [4.78, 5) is 0. The molecule has 0 unspecified atom stereocenters. The molecule has 0 aliphatic heterocycles. The maximum Gasteiger partial charge on any atom is 0.135 e. The summed E-state index contributed by atoms with van der Waals surface area (Å²) in [5, 5.41) is 3.33. The van der Waals surface area contributed by atoms with Crippen molar-refractivity contribution in [3.05, 3.63) is 45.0 Å². The van der Waals surface area contributed by atoms with Gasteiger partial charge in [0.1, 0.15) is 11.5 Å². The fraction of sp³-hybridized carbons (Fsp3) is 0.333. The Bertz CT molecular complexity index is 560. The zero-order valence-corrected chi connectivity index (χ0v) is 15.7. The Morgan fingerprint density at radius 3 is 2.71 bits per heavy atom. The lowest BCUT2D eigenvalue weighted by Crippen LogP contribution is -2.15. The molecule has 116 valence electrons. The number of halogens is 3. The highest BCUT2D eigenvalue weighted by atomic mass is 79.9. The van der Waals surface area contributed by atoms with Crippen LogP contribution in [0.3, 0.4) is 0 Å². The maximum atomic E-state index is 5.86. The van der Waals surface area contributed by atoms with Gasteiger partial charge in [0.15, 0.2) is 0 Å². The Morgan fingerprint density at radius 2 is 2.00 bits per heavy atom. The lowest BCUT2D eigenvalue weighted by atomic mass is 10.2. The highest BCUT2D eigenvalue weighted by Crippen LogP contribution is 2.31. The summed E-state index contributed by atoms with van der Waals surface area (Å²) in [5.41, 5.74) is 1.05. The van der Waals surface area contributed by atoms with E-state index >= 15 is 0 Å². The second-order valence-electron chi connectivity index (χ2n) is 4.41. The van der Waals surface area contributed by atoms with E-state index in [4.69, 9.17) is 9.15 Å². The summed E-state index contributed by atoms with van der Waals surface area (Å²) in [6.45, 7) is 2.44. The van der Waals surface area contributed by atoms with Crippen molar-refractivity contribution in [1.29, 1.82) is 0 Å². The van der Waals surface area contributed by atoms with Crippen LogP contribution in [0, 0.1) is 0 Å². The van der Waals surface area contributed by atoms with Crippen molar-refractivity contribution >= 4 is 44.3 Å². The smallest absolute Gasteiger partial charge is 0.135 e. The third kappa shape index (κ3) is 5.75. The van der Waals surface area contributed by atoms with Crippen LogP contribution in [0.5, 0.6) is 0 Å². The minimum atomic E-state index is 0. The first-order valence-corrected chi connectivity index (χ1v) is 8.03. The molecule has 1 heterocycles. The summed E-state index contributed by atoms with van der Waals surface area (Å²) in [6, 6.07) is 10.1. The van der Waals surface area contributed by atoms with Gasteiger partial charge < -0.3 is 14.5 Å². The van der Waals surface area contributed by atoms with Crippen molar-refractivity contribution in [1.82, 2.24) is 5.32 Å². The Kier molecular flexibility index (Phi) is 8.59. The second kappa shape index (κ2) is 9.64. The average Bonchev–Trinajstić information content (AvgIpc) is 2.87. The van der Waals surface area contributed by atoms with Crippen LogP contribution < -0.4 is 5.32 Å². The van der Waals surface area contributed by atoms with E-state index in [0.717, 1.165) is 52.1 Å². The fourth-order valence-electron chi connectivity index (χ4n) is 1.86. The molecule has 0 fully saturated rings. The molecule has 2 rings (SSSR count). The van der Waals surface area contributed by atoms with E-state index < -0.39 is 0 Å². The largest absolute Gasteiger partial charge is 0.460 e. The molecule has 0 saturated heterocycles. The standard InChI is InChI=1S/C15H17Br2NO2.ClH/c1-19-8-2-7-18-10-12-4-6-15(20-12)13-5-3-11(16)9-14(13)17;/h3-6,9,18H,2,7-8,10H2,1H3;1H. The summed E-state index contributed by atoms with van der Waals surface area (Å²) in [7, 11) is 1.72. The zero-order valence-electron chi connectivity index (χ0n) is 11.7. The van der Waals surface area contributed by atoms with Gasteiger partial charge in [0.05, 0.1) is 6.54 Å². The fourth-order valence-corrected chi connectivity index (χ4v) is 3.10. The molecule has 0 saturated carbocycles. The first-order valence-electron chi connectivity index (χ1n) is 6.44. The second-order valence-corrected chi connectivity index (χ2v) is 6.18. The average molecular weight is 440 g/mol.